The van der Waals surface area contributed by atoms with Gasteiger partial charge in [-0.1, -0.05) is 6.92 Å². The second-order valence-electron chi connectivity index (χ2n) is 4.20. The van der Waals surface area contributed by atoms with Crippen molar-refractivity contribution >= 4 is 5.82 Å². The summed E-state index contributed by atoms with van der Waals surface area (Å²) in [6.07, 6.45) is 4.08. The Kier molecular flexibility index (Phi) is 3.50. The molecule has 8 nitrogen and oxygen atoms in total. The summed E-state index contributed by atoms with van der Waals surface area (Å²) in [7, 11) is 2.92. The number of hydrogen-bond acceptors (Lipinski definition) is 5. The van der Waals surface area contributed by atoms with Crippen molar-refractivity contribution in [2.75, 3.05) is 5.32 Å². The van der Waals surface area contributed by atoms with Crippen molar-refractivity contribution in [3.05, 3.63) is 39.1 Å². The Balaban J connectivity index is 2.38. The zero-order valence-corrected chi connectivity index (χ0v) is 11.0. The molecule has 2 aromatic rings. The first-order chi connectivity index (χ1) is 9.04. The molecule has 0 aliphatic heterocycles. The molecule has 1 atom stereocenters. The number of nitrogens with zero attached hydrogens (tertiary/aromatic N) is 4. The summed E-state index contributed by atoms with van der Waals surface area (Å²) in [5.41, 5.74) is -0.908. The number of nitrogens with one attached hydrogen (secondary N) is 2. The maximum atomic E-state index is 12.0. The normalized spacial score (nSPS) is 12.4. The van der Waals surface area contributed by atoms with Gasteiger partial charge in [0.2, 0.25) is 5.82 Å². The van der Waals surface area contributed by atoms with Crippen LogP contribution in [0.1, 0.15) is 25.2 Å². The van der Waals surface area contributed by atoms with Gasteiger partial charge in [0.1, 0.15) is 5.82 Å². The first-order valence-electron chi connectivity index (χ1n) is 5.94. The lowest BCUT2D eigenvalue weighted by atomic mass is 10.2. The Morgan fingerprint density at radius 3 is 2.74 bits per heavy atom. The number of aromatic amines is 1. The summed E-state index contributed by atoms with van der Waals surface area (Å²) in [6.45, 7) is 1.96. The van der Waals surface area contributed by atoms with E-state index in [0.29, 0.717) is 0 Å². The highest BCUT2D eigenvalue weighted by molar-refractivity contribution is 5.32. The van der Waals surface area contributed by atoms with E-state index >= 15 is 0 Å². The standard InChI is InChI=1S/C11H16N6O2/c1-4-7(8-12-5-6-13-8)14-9-10(18)16(2)11(19)17(3)15-9/h5-7H,4H2,1-3H3,(H,12,13)(H,14,15). The molecule has 0 aromatic carbocycles. The molecule has 0 radical (unpaired) electrons. The van der Waals surface area contributed by atoms with E-state index < -0.39 is 11.2 Å². The molecule has 2 rings (SSSR count). The molecule has 0 spiro atoms. The van der Waals surface area contributed by atoms with Gasteiger partial charge >= 0.3 is 5.69 Å². The third-order valence-electron chi connectivity index (χ3n) is 2.89. The third kappa shape index (κ3) is 2.42. The molecule has 0 fully saturated rings. The van der Waals surface area contributed by atoms with Crippen LogP contribution in [-0.2, 0) is 14.1 Å². The number of aromatic nitrogens is 5. The molecule has 2 N–H and O–H groups in total. The van der Waals surface area contributed by atoms with Crippen LogP contribution in [0.5, 0.6) is 0 Å². The van der Waals surface area contributed by atoms with E-state index in [-0.39, 0.29) is 11.9 Å². The van der Waals surface area contributed by atoms with Crippen LogP contribution in [0.4, 0.5) is 5.82 Å². The van der Waals surface area contributed by atoms with E-state index in [0.717, 1.165) is 21.5 Å². The van der Waals surface area contributed by atoms with E-state index in [9.17, 15) is 9.59 Å². The van der Waals surface area contributed by atoms with Gasteiger partial charge in [-0.3, -0.25) is 9.36 Å². The molecule has 2 aromatic heterocycles. The van der Waals surface area contributed by atoms with Crippen molar-refractivity contribution < 1.29 is 0 Å². The van der Waals surface area contributed by atoms with E-state index in [1.807, 2.05) is 6.92 Å². The Morgan fingerprint density at radius 2 is 2.16 bits per heavy atom. The molecule has 0 saturated carbocycles. The highest BCUT2D eigenvalue weighted by Crippen LogP contribution is 2.15. The lowest BCUT2D eigenvalue weighted by molar-refractivity contribution is 0.594. The summed E-state index contributed by atoms with van der Waals surface area (Å²) in [4.78, 5) is 30.6. The number of anilines is 1. The summed E-state index contributed by atoms with van der Waals surface area (Å²) in [6, 6.07) is -0.160. The van der Waals surface area contributed by atoms with Crippen molar-refractivity contribution in [3.8, 4) is 0 Å². The van der Waals surface area contributed by atoms with Crippen molar-refractivity contribution in [1.29, 1.82) is 0 Å². The van der Waals surface area contributed by atoms with Gasteiger partial charge in [-0.15, -0.1) is 5.10 Å². The fourth-order valence-electron chi connectivity index (χ4n) is 1.79. The molecule has 0 aliphatic rings. The molecule has 19 heavy (non-hydrogen) atoms. The second-order valence-corrected chi connectivity index (χ2v) is 4.20. The Labute approximate surface area is 109 Å². The van der Waals surface area contributed by atoms with E-state index in [1.54, 1.807) is 12.4 Å². The number of hydrogen-bond donors (Lipinski definition) is 2. The maximum Gasteiger partial charge on any atom is 0.346 e. The average molecular weight is 264 g/mol. The molecular weight excluding hydrogens is 248 g/mol. The Hall–Kier alpha value is -2.38. The van der Waals surface area contributed by atoms with E-state index in [2.05, 4.69) is 20.4 Å². The van der Waals surface area contributed by atoms with E-state index in [1.165, 1.54) is 14.1 Å². The summed E-state index contributed by atoms with van der Waals surface area (Å²) in [5.74, 6) is 0.855. The van der Waals surface area contributed by atoms with Crippen LogP contribution in [0.25, 0.3) is 0 Å². The number of imidazole rings is 1. The van der Waals surface area contributed by atoms with Gasteiger partial charge in [0, 0.05) is 26.5 Å². The van der Waals surface area contributed by atoms with Crippen LogP contribution in [0.2, 0.25) is 0 Å². The van der Waals surface area contributed by atoms with Crippen molar-refractivity contribution in [2.24, 2.45) is 14.1 Å². The van der Waals surface area contributed by atoms with Gasteiger partial charge in [0.05, 0.1) is 6.04 Å². The molecule has 0 amide bonds. The van der Waals surface area contributed by atoms with Crippen LogP contribution in [-0.4, -0.2) is 24.3 Å². The fraction of sp³-hybridized carbons (Fsp3) is 0.455. The molecule has 0 aliphatic carbocycles. The van der Waals surface area contributed by atoms with Gasteiger partial charge in [0.15, 0.2) is 0 Å². The zero-order chi connectivity index (χ0) is 14.0. The SMILES string of the molecule is CCC(Nc1nn(C)c(=O)n(C)c1=O)c1ncc[nH]1. The summed E-state index contributed by atoms with van der Waals surface area (Å²) >= 11 is 0. The van der Waals surface area contributed by atoms with Crippen LogP contribution in [0, 0.1) is 0 Å². The maximum absolute atomic E-state index is 12.0. The lowest BCUT2D eigenvalue weighted by Crippen LogP contribution is -2.40. The van der Waals surface area contributed by atoms with Gasteiger partial charge < -0.3 is 10.3 Å². The van der Waals surface area contributed by atoms with Crippen LogP contribution >= 0.6 is 0 Å². The first-order valence-corrected chi connectivity index (χ1v) is 5.94. The number of H-pyrrole nitrogens is 1. The van der Waals surface area contributed by atoms with Crippen molar-refractivity contribution in [3.63, 3.8) is 0 Å². The topological polar surface area (TPSA) is 97.6 Å². The molecule has 0 saturated heterocycles. The minimum atomic E-state index is -0.457. The van der Waals surface area contributed by atoms with Gasteiger partial charge in [-0.05, 0) is 6.42 Å². The minimum Gasteiger partial charge on any atom is -0.354 e. The predicted octanol–water partition coefficient (Wildman–Crippen LogP) is -0.235. The lowest BCUT2D eigenvalue weighted by Gasteiger charge is -2.15. The fourth-order valence-corrected chi connectivity index (χ4v) is 1.79. The highest BCUT2D eigenvalue weighted by atomic mass is 16.2. The van der Waals surface area contributed by atoms with Gasteiger partial charge in [0.25, 0.3) is 5.56 Å². The average Bonchev–Trinajstić information content (AvgIpc) is 2.93. The van der Waals surface area contributed by atoms with Gasteiger partial charge in [-0.2, -0.15) is 0 Å². The van der Waals surface area contributed by atoms with Crippen LogP contribution < -0.4 is 16.6 Å². The molecular formula is C11H16N6O2. The molecule has 102 valence electrons. The predicted molar refractivity (Wildman–Crippen MR) is 70.0 cm³/mol. The Morgan fingerprint density at radius 1 is 1.42 bits per heavy atom. The van der Waals surface area contributed by atoms with Crippen LogP contribution in [0.15, 0.2) is 22.0 Å². The Bertz CT molecular complexity index is 669. The van der Waals surface area contributed by atoms with Crippen LogP contribution in [0.3, 0.4) is 0 Å². The highest BCUT2D eigenvalue weighted by Gasteiger charge is 2.16. The summed E-state index contributed by atoms with van der Waals surface area (Å²) < 4.78 is 2.14. The van der Waals surface area contributed by atoms with Crippen molar-refractivity contribution in [2.45, 2.75) is 19.4 Å². The summed E-state index contributed by atoms with van der Waals surface area (Å²) in [5, 5.41) is 6.96. The largest absolute Gasteiger partial charge is 0.354 e. The number of rotatable bonds is 4. The zero-order valence-electron chi connectivity index (χ0n) is 11.0. The number of aryl methyl sites for hydroxylation is 1. The molecule has 1 unspecified atom stereocenters. The first kappa shape index (κ1) is 13.1. The quantitative estimate of drug-likeness (QED) is 0.794. The second kappa shape index (κ2) is 5.09. The molecule has 8 heteroatoms. The smallest absolute Gasteiger partial charge is 0.346 e. The monoisotopic (exact) mass is 264 g/mol. The third-order valence-corrected chi connectivity index (χ3v) is 2.89. The molecule has 0 bridgehead atoms. The van der Waals surface area contributed by atoms with Gasteiger partial charge in [-0.25, -0.2) is 14.5 Å². The van der Waals surface area contributed by atoms with Crippen molar-refractivity contribution in [1.82, 2.24) is 24.3 Å². The van der Waals surface area contributed by atoms with E-state index in [4.69, 9.17) is 0 Å². The minimum absolute atomic E-state index is 0.132. The molecule has 2 heterocycles.